The lowest BCUT2D eigenvalue weighted by Crippen LogP contribution is -2.43. The molecule has 0 fully saturated rings. The summed E-state index contributed by atoms with van der Waals surface area (Å²) < 4.78 is 0. The summed E-state index contributed by atoms with van der Waals surface area (Å²) in [6.07, 6.45) is 0.912. The van der Waals surface area contributed by atoms with E-state index < -0.39 is 0 Å². The van der Waals surface area contributed by atoms with Crippen molar-refractivity contribution in [3.05, 3.63) is 0 Å². The number of nitrogens with zero attached hydrogens (tertiary/aromatic N) is 1. The zero-order valence-corrected chi connectivity index (χ0v) is 9.42. The predicted octanol–water partition coefficient (Wildman–Crippen LogP) is 1.06. The van der Waals surface area contributed by atoms with Gasteiger partial charge in [-0.15, -0.1) is 0 Å². The minimum absolute atomic E-state index is 0.0229. The van der Waals surface area contributed by atoms with Crippen molar-refractivity contribution in [1.29, 1.82) is 0 Å². The molecule has 0 spiro atoms. The molecule has 0 unspecified atom stereocenters. The summed E-state index contributed by atoms with van der Waals surface area (Å²) in [5, 5.41) is 11.6. The predicted molar refractivity (Wildman–Crippen MR) is 57.2 cm³/mol. The molecule has 84 valence electrons. The standard InChI is InChI=1S/C10H22N2O2/c1-4-5-12(6-7-13)10(14)11-8-9(2)3/h9,13H,4-8H2,1-3H3,(H,11,14). The van der Waals surface area contributed by atoms with Gasteiger partial charge in [-0.1, -0.05) is 20.8 Å². The van der Waals surface area contributed by atoms with Crippen LogP contribution in [0.15, 0.2) is 0 Å². The van der Waals surface area contributed by atoms with Crippen molar-refractivity contribution < 1.29 is 9.90 Å². The molecule has 0 rings (SSSR count). The van der Waals surface area contributed by atoms with E-state index in [1.54, 1.807) is 4.90 Å². The van der Waals surface area contributed by atoms with Crippen molar-refractivity contribution in [1.82, 2.24) is 10.2 Å². The van der Waals surface area contributed by atoms with Crippen molar-refractivity contribution in [2.45, 2.75) is 27.2 Å². The Morgan fingerprint density at radius 1 is 1.43 bits per heavy atom. The van der Waals surface area contributed by atoms with E-state index >= 15 is 0 Å². The number of rotatable bonds is 6. The third-order valence-corrected chi connectivity index (χ3v) is 1.81. The number of carbonyl (C=O) groups excluding carboxylic acids is 1. The highest BCUT2D eigenvalue weighted by atomic mass is 16.3. The van der Waals surface area contributed by atoms with Crippen LogP contribution < -0.4 is 5.32 Å². The average Bonchev–Trinajstić information content (AvgIpc) is 2.14. The van der Waals surface area contributed by atoms with Crippen LogP contribution in [0.5, 0.6) is 0 Å². The summed E-state index contributed by atoms with van der Waals surface area (Å²) in [6.45, 7) is 7.94. The number of amides is 2. The Hall–Kier alpha value is -0.770. The van der Waals surface area contributed by atoms with Gasteiger partial charge in [-0.25, -0.2) is 4.79 Å². The van der Waals surface area contributed by atoms with Crippen LogP contribution in [0.2, 0.25) is 0 Å². The summed E-state index contributed by atoms with van der Waals surface area (Å²) in [5.41, 5.74) is 0. The number of hydrogen-bond acceptors (Lipinski definition) is 2. The van der Waals surface area contributed by atoms with E-state index in [4.69, 9.17) is 5.11 Å². The number of aliphatic hydroxyl groups excluding tert-OH is 1. The Labute approximate surface area is 86.3 Å². The second-order valence-corrected chi connectivity index (χ2v) is 3.79. The summed E-state index contributed by atoms with van der Waals surface area (Å²) >= 11 is 0. The van der Waals surface area contributed by atoms with Gasteiger partial charge in [0.15, 0.2) is 0 Å². The molecule has 0 atom stereocenters. The smallest absolute Gasteiger partial charge is 0.317 e. The van der Waals surface area contributed by atoms with Crippen LogP contribution in [0.4, 0.5) is 4.79 Å². The minimum Gasteiger partial charge on any atom is -0.395 e. The highest BCUT2D eigenvalue weighted by Crippen LogP contribution is 1.94. The maximum atomic E-state index is 11.5. The zero-order chi connectivity index (χ0) is 11.0. The van der Waals surface area contributed by atoms with Gasteiger partial charge in [-0.3, -0.25) is 0 Å². The average molecular weight is 202 g/mol. The van der Waals surface area contributed by atoms with Crippen molar-refractivity contribution in [3.63, 3.8) is 0 Å². The molecule has 4 nitrogen and oxygen atoms in total. The fraction of sp³-hybridized carbons (Fsp3) is 0.900. The Bertz CT molecular complexity index is 154. The van der Waals surface area contributed by atoms with Gasteiger partial charge >= 0.3 is 6.03 Å². The normalized spacial score (nSPS) is 10.4. The lowest BCUT2D eigenvalue weighted by molar-refractivity contribution is 0.176. The molecular formula is C10H22N2O2. The molecule has 14 heavy (non-hydrogen) atoms. The van der Waals surface area contributed by atoms with Crippen LogP contribution in [0.25, 0.3) is 0 Å². The van der Waals surface area contributed by atoms with E-state index in [1.807, 2.05) is 6.92 Å². The SMILES string of the molecule is CCCN(CCO)C(=O)NCC(C)C. The van der Waals surface area contributed by atoms with E-state index in [2.05, 4.69) is 19.2 Å². The summed E-state index contributed by atoms with van der Waals surface area (Å²) in [6, 6.07) is -0.0744. The summed E-state index contributed by atoms with van der Waals surface area (Å²) in [7, 11) is 0. The van der Waals surface area contributed by atoms with Gasteiger partial charge in [0.2, 0.25) is 0 Å². The van der Waals surface area contributed by atoms with Gasteiger partial charge in [0, 0.05) is 19.6 Å². The number of aliphatic hydroxyl groups is 1. The number of hydrogen-bond donors (Lipinski definition) is 2. The minimum atomic E-state index is -0.0744. The quantitative estimate of drug-likeness (QED) is 0.676. The molecule has 0 saturated heterocycles. The molecule has 2 amide bonds. The second kappa shape index (κ2) is 7.62. The molecule has 0 aliphatic rings. The molecule has 0 saturated carbocycles. The molecule has 2 N–H and O–H groups in total. The van der Waals surface area contributed by atoms with Crippen LogP contribution >= 0.6 is 0 Å². The highest BCUT2D eigenvalue weighted by molar-refractivity contribution is 5.74. The van der Waals surface area contributed by atoms with Crippen LogP contribution in [0, 0.1) is 5.92 Å². The van der Waals surface area contributed by atoms with Crippen molar-refractivity contribution >= 4 is 6.03 Å². The molecule has 0 aliphatic carbocycles. The van der Waals surface area contributed by atoms with Crippen LogP contribution in [0.3, 0.4) is 0 Å². The number of nitrogens with one attached hydrogen (secondary N) is 1. The third kappa shape index (κ3) is 5.80. The van der Waals surface area contributed by atoms with E-state index in [1.165, 1.54) is 0 Å². The van der Waals surface area contributed by atoms with Crippen molar-refractivity contribution in [2.24, 2.45) is 5.92 Å². The summed E-state index contributed by atoms with van der Waals surface area (Å²) in [5.74, 6) is 0.455. The molecule has 0 aromatic rings. The first kappa shape index (κ1) is 13.2. The van der Waals surface area contributed by atoms with Gasteiger partial charge in [0.1, 0.15) is 0 Å². The Morgan fingerprint density at radius 2 is 2.07 bits per heavy atom. The lowest BCUT2D eigenvalue weighted by atomic mass is 10.2. The van der Waals surface area contributed by atoms with Crippen LogP contribution in [-0.2, 0) is 0 Å². The molecule has 0 heterocycles. The molecule has 0 aromatic carbocycles. The number of carbonyl (C=O) groups is 1. The topological polar surface area (TPSA) is 52.6 Å². The third-order valence-electron chi connectivity index (χ3n) is 1.81. The van der Waals surface area contributed by atoms with E-state index in [0.29, 0.717) is 25.6 Å². The molecule has 0 bridgehead atoms. The van der Waals surface area contributed by atoms with Gasteiger partial charge in [-0.2, -0.15) is 0 Å². The van der Waals surface area contributed by atoms with Crippen LogP contribution in [0.1, 0.15) is 27.2 Å². The van der Waals surface area contributed by atoms with E-state index in [9.17, 15) is 4.79 Å². The Kier molecular flexibility index (Phi) is 7.20. The van der Waals surface area contributed by atoms with Gasteiger partial charge < -0.3 is 15.3 Å². The number of urea groups is 1. The Balaban J connectivity index is 3.88. The monoisotopic (exact) mass is 202 g/mol. The van der Waals surface area contributed by atoms with E-state index in [-0.39, 0.29) is 12.6 Å². The fourth-order valence-electron chi connectivity index (χ4n) is 1.11. The maximum absolute atomic E-state index is 11.5. The maximum Gasteiger partial charge on any atom is 0.317 e. The summed E-state index contributed by atoms with van der Waals surface area (Å²) in [4.78, 5) is 13.2. The lowest BCUT2D eigenvalue weighted by Gasteiger charge is -2.22. The molecule has 0 aromatic heterocycles. The Morgan fingerprint density at radius 3 is 2.50 bits per heavy atom. The van der Waals surface area contributed by atoms with Gasteiger partial charge in [0.05, 0.1) is 6.61 Å². The molecule has 0 aliphatic heterocycles. The molecule has 4 heteroatoms. The van der Waals surface area contributed by atoms with Crippen molar-refractivity contribution in [2.75, 3.05) is 26.2 Å². The second-order valence-electron chi connectivity index (χ2n) is 3.79. The fourth-order valence-corrected chi connectivity index (χ4v) is 1.11. The first-order valence-corrected chi connectivity index (χ1v) is 5.25. The van der Waals surface area contributed by atoms with Crippen molar-refractivity contribution in [3.8, 4) is 0 Å². The first-order chi connectivity index (χ1) is 6.61. The van der Waals surface area contributed by atoms with Crippen LogP contribution in [-0.4, -0.2) is 42.3 Å². The zero-order valence-electron chi connectivity index (χ0n) is 9.42. The first-order valence-electron chi connectivity index (χ1n) is 5.25. The van der Waals surface area contributed by atoms with E-state index in [0.717, 1.165) is 6.42 Å². The highest BCUT2D eigenvalue weighted by Gasteiger charge is 2.10. The molecular weight excluding hydrogens is 180 g/mol. The van der Waals surface area contributed by atoms with Gasteiger partial charge in [0.25, 0.3) is 0 Å². The molecule has 0 radical (unpaired) electrons. The van der Waals surface area contributed by atoms with Gasteiger partial charge in [-0.05, 0) is 12.3 Å². The largest absolute Gasteiger partial charge is 0.395 e.